The van der Waals surface area contributed by atoms with Crippen molar-refractivity contribution < 1.29 is 26.0 Å². The Labute approximate surface area is 184 Å². The van der Waals surface area contributed by atoms with Crippen molar-refractivity contribution in [2.24, 2.45) is 0 Å². The van der Waals surface area contributed by atoms with Crippen LogP contribution in [0.15, 0.2) is 66.9 Å². The molecule has 9 heteroatoms. The predicted molar refractivity (Wildman–Crippen MR) is 119 cm³/mol. The van der Waals surface area contributed by atoms with E-state index in [1.807, 2.05) is 0 Å². The number of amides is 2. The molecular formula is C23H20F2N4O3. The third kappa shape index (κ3) is 4.51. The number of benzene rings is 3. The van der Waals surface area contributed by atoms with E-state index in [-0.39, 0.29) is 31.2 Å². The number of carbonyl (C=O) groups is 2. The molecule has 4 aromatic rings. The molecule has 2 amide bonds. The van der Waals surface area contributed by atoms with Crippen molar-refractivity contribution in [2.45, 2.75) is 0 Å². The molecule has 3 aromatic carbocycles. The summed E-state index contributed by atoms with van der Waals surface area (Å²) in [5.41, 5.74) is 1.36. The van der Waals surface area contributed by atoms with E-state index in [1.165, 1.54) is 55.8 Å². The number of fused-ring (bicyclic) bond motifs is 1. The first-order chi connectivity index (χ1) is 15.4. The third-order valence-corrected chi connectivity index (χ3v) is 4.54. The van der Waals surface area contributed by atoms with Gasteiger partial charge in [0.25, 0.3) is 0 Å². The van der Waals surface area contributed by atoms with Crippen LogP contribution in [0.1, 0.15) is 18.8 Å². The number of nitrogens with one attached hydrogen (secondary N) is 2. The zero-order valence-electron chi connectivity index (χ0n) is 16.7. The van der Waals surface area contributed by atoms with Crippen molar-refractivity contribution in [3.05, 3.63) is 89.6 Å². The first kappa shape index (κ1) is 20.9. The minimum Gasteiger partial charge on any atom is -0.480 e. The number of urea groups is 1. The summed E-state index contributed by atoms with van der Waals surface area (Å²) in [4.78, 5) is 33.5. The lowest BCUT2D eigenvalue weighted by molar-refractivity contribution is 0.103. The average molecular weight is 438 g/mol. The highest BCUT2D eigenvalue weighted by Crippen LogP contribution is 2.22. The van der Waals surface area contributed by atoms with Gasteiger partial charge in [-0.2, -0.15) is 0 Å². The molecule has 0 aliphatic rings. The number of nitrogens with zero attached hydrogens (tertiary/aromatic N) is 2. The molecule has 0 spiro atoms. The molecule has 164 valence electrons. The summed E-state index contributed by atoms with van der Waals surface area (Å²) in [5, 5.41) is 4.96. The lowest BCUT2D eigenvalue weighted by atomic mass is 10.0. The Hall–Kier alpha value is -4.40. The maximum atomic E-state index is 14.4. The van der Waals surface area contributed by atoms with Gasteiger partial charge in [-0.25, -0.2) is 23.5 Å². The standard InChI is InChI=1S/C23H16F2N4O3.2H2/c1-32-21-12-26-19-8-5-13(9-20(19)29-21)22(30)17-11-16(6-7-18(17)25)28-23(31)27-15-4-2-3-14(24)10-15;;/h2-12H,1H3,(H2,27,28,31);2*1H. The van der Waals surface area contributed by atoms with Crippen LogP contribution in [0.25, 0.3) is 11.0 Å². The Morgan fingerprint density at radius 1 is 0.938 bits per heavy atom. The van der Waals surface area contributed by atoms with Crippen LogP contribution in [0.2, 0.25) is 0 Å². The fraction of sp³-hybridized carbons (Fsp3) is 0.0435. The number of ketones is 1. The van der Waals surface area contributed by atoms with Gasteiger partial charge in [-0.1, -0.05) is 6.07 Å². The number of halogens is 2. The normalized spacial score (nSPS) is 10.6. The monoisotopic (exact) mass is 438 g/mol. The van der Waals surface area contributed by atoms with Gasteiger partial charge in [0.1, 0.15) is 11.6 Å². The van der Waals surface area contributed by atoms with E-state index in [2.05, 4.69) is 20.6 Å². The molecule has 2 N–H and O–H groups in total. The van der Waals surface area contributed by atoms with Crippen LogP contribution in [0.4, 0.5) is 25.0 Å². The topological polar surface area (TPSA) is 93.2 Å². The molecule has 32 heavy (non-hydrogen) atoms. The molecule has 7 nitrogen and oxygen atoms in total. The summed E-state index contributed by atoms with van der Waals surface area (Å²) in [6.07, 6.45) is 1.45. The van der Waals surface area contributed by atoms with Crippen molar-refractivity contribution in [3.63, 3.8) is 0 Å². The van der Waals surface area contributed by atoms with Gasteiger partial charge in [-0.3, -0.25) is 4.79 Å². The highest BCUT2D eigenvalue weighted by atomic mass is 19.1. The fourth-order valence-corrected chi connectivity index (χ4v) is 3.03. The Bertz CT molecular complexity index is 1360. The molecule has 1 aromatic heterocycles. The smallest absolute Gasteiger partial charge is 0.323 e. The van der Waals surface area contributed by atoms with Gasteiger partial charge >= 0.3 is 6.03 Å². The third-order valence-electron chi connectivity index (χ3n) is 4.54. The van der Waals surface area contributed by atoms with Gasteiger partial charge in [0, 0.05) is 19.8 Å². The van der Waals surface area contributed by atoms with Gasteiger partial charge in [-0.15, -0.1) is 0 Å². The Morgan fingerprint density at radius 3 is 2.47 bits per heavy atom. The Morgan fingerprint density at radius 2 is 1.72 bits per heavy atom. The van der Waals surface area contributed by atoms with Gasteiger partial charge in [0.05, 0.1) is 29.9 Å². The first-order valence-corrected chi connectivity index (χ1v) is 9.41. The quantitative estimate of drug-likeness (QED) is 0.413. The minimum absolute atomic E-state index is 0. The zero-order valence-corrected chi connectivity index (χ0v) is 16.7. The number of aromatic nitrogens is 2. The molecule has 0 radical (unpaired) electrons. The van der Waals surface area contributed by atoms with Crippen LogP contribution >= 0.6 is 0 Å². The van der Waals surface area contributed by atoms with E-state index in [9.17, 15) is 18.4 Å². The van der Waals surface area contributed by atoms with Gasteiger partial charge < -0.3 is 15.4 Å². The molecule has 4 rings (SSSR count). The van der Waals surface area contributed by atoms with E-state index in [1.54, 1.807) is 6.07 Å². The lowest BCUT2D eigenvalue weighted by Gasteiger charge is -2.10. The molecular weight excluding hydrogens is 418 g/mol. The molecule has 0 saturated heterocycles. The van der Waals surface area contributed by atoms with Gasteiger partial charge in [-0.05, 0) is 54.6 Å². The van der Waals surface area contributed by atoms with Crippen molar-refractivity contribution in [2.75, 3.05) is 17.7 Å². The zero-order chi connectivity index (χ0) is 22.7. The Balaban J connectivity index is 0.00000204. The highest BCUT2D eigenvalue weighted by Gasteiger charge is 2.17. The van der Waals surface area contributed by atoms with Crippen LogP contribution in [0.5, 0.6) is 5.88 Å². The lowest BCUT2D eigenvalue weighted by Crippen LogP contribution is -2.20. The second kappa shape index (κ2) is 8.76. The van der Waals surface area contributed by atoms with E-state index >= 15 is 0 Å². The van der Waals surface area contributed by atoms with Crippen molar-refractivity contribution in [1.29, 1.82) is 0 Å². The first-order valence-electron chi connectivity index (χ1n) is 9.41. The number of anilines is 2. The number of carbonyl (C=O) groups excluding carboxylic acids is 2. The molecule has 0 aliphatic carbocycles. The minimum atomic E-state index is -0.747. The summed E-state index contributed by atoms with van der Waals surface area (Å²) in [5.74, 6) is -1.56. The number of hydrogen-bond donors (Lipinski definition) is 2. The largest absolute Gasteiger partial charge is 0.480 e. The molecule has 0 saturated carbocycles. The summed E-state index contributed by atoms with van der Waals surface area (Å²) < 4.78 is 32.7. The van der Waals surface area contributed by atoms with Crippen molar-refractivity contribution >= 4 is 34.2 Å². The van der Waals surface area contributed by atoms with E-state index in [0.29, 0.717) is 11.0 Å². The van der Waals surface area contributed by atoms with Crippen LogP contribution in [-0.2, 0) is 0 Å². The SMILES string of the molecule is COc1cnc2ccc(C(=O)c3cc(NC(=O)Nc4cccc(F)c4)ccc3F)cc2n1.[HH].[HH]. The van der Waals surface area contributed by atoms with Crippen LogP contribution < -0.4 is 15.4 Å². The summed E-state index contributed by atoms with van der Waals surface area (Å²) in [6, 6.07) is 12.9. The molecule has 0 unspecified atom stereocenters. The number of hydrogen-bond acceptors (Lipinski definition) is 5. The van der Waals surface area contributed by atoms with E-state index in [4.69, 9.17) is 4.74 Å². The molecule has 0 fully saturated rings. The highest BCUT2D eigenvalue weighted by molar-refractivity contribution is 6.11. The predicted octanol–water partition coefficient (Wildman–Crippen LogP) is 5.28. The molecule has 0 aliphatic heterocycles. The van der Waals surface area contributed by atoms with Gasteiger partial charge in [0.15, 0.2) is 5.78 Å². The fourth-order valence-electron chi connectivity index (χ4n) is 3.03. The average Bonchev–Trinajstić information content (AvgIpc) is 2.79. The summed E-state index contributed by atoms with van der Waals surface area (Å²) >= 11 is 0. The maximum Gasteiger partial charge on any atom is 0.323 e. The molecule has 1 heterocycles. The maximum absolute atomic E-state index is 14.4. The number of rotatable bonds is 5. The number of methoxy groups -OCH3 is 1. The second-order valence-electron chi connectivity index (χ2n) is 6.73. The van der Waals surface area contributed by atoms with E-state index < -0.39 is 23.4 Å². The molecule has 0 atom stereocenters. The van der Waals surface area contributed by atoms with E-state index in [0.717, 1.165) is 12.1 Å². The van der Waals surface area contributed by atoms with Gasteiger partial charge in [0.2, 0.25) is 5.88 Å². The summed E-state index contributed by atoms with van der Waals surface area (Å²) in [6.45, 7) is 0. The van der Waals surface area contributed by atoms with Crippen LogP contribution in [0, 0.1) is 11.6 Å². The van der Waals surface area contributed by atoms with Crippen LogP contribution in [0.3, 0.4) is 0 Å². The van der Waals surface area contributed by atoms with Crippen molar-refractivity contribution in [3.8, 4) is 5.88 Å². The number of ether oxygens (including phenoxy) is 1. The Kier molecular flexibility index (Phi) is 5.71. The van der Waals surface area contributed by atoms with Crippen molar-refractivity contribution in [1.82, 2.24) is 9.97 Å². The van der Waals surface area contributed by atoms with Crippen LogP contribution in [-0.4, -0.2) is 28.9 Å². The molecule has 0 bridgehead atoms. The second-order valence-corrected chi connectivity index (χ2v) is 6.73. The summed E-state index contributed by atoms with van der Waals surface area (Å²) in [7, 11) is 1.45.